The maximum absolute atomic E-state index is 11.7. The van der Waals surface area contributed by atoms with Gasteiger partial charge in [-0.2, -0.15) is 0 Å². The number of amides is 2. The van der Waals surface area contributed by atoms with Gasteiger partial charge in [0, 0.05) is 24.8 Å². The number of urea groups is 1. The summed E-state index contributed by atoms with van der Waals surface area (Å²) < 4.78 is 27.7. The van der Waals surface area contributed by atoms with E-state index in [2.05, 4.69) is 15.6 Å². The van der Waals surface area contributed by atoms with E-state index >= 15 is 0 Å². The van der Waals surface area contributed by atoms with E-state index in [0.717, 1.165) is 5.56 Å². The summed E-state index contributed by atoms with van der Waals surface area (Å²) in [5.74, 6) is 0.853. The van der Waals surface area contributed by atoms with Crippen LogP contribution in [0.2, 0.25) is 0 Å². The van der Waals surface area contributed by atoms with E-state index in [-0.39, 0.29) is 23.5 Å². The number of pyridine rings is 1. The third-order valence-electron chi connectivity index (χ3n) is 3.36. The second-order valence-corrected chi connectivity index (χ2v) is 7.23. The number of sulfone groups is 1. The van der Waals surface area contributed by atoms with Crippen molar-refractivity contribution >= 4 is 15.9 Å². The molecule has 2 rings (SSSR count). The second kappa shape index (κ2) is 6.75. The van der Waals surface area contributed by atoms with E-state index in [1.54, 1.807) is 12.3 Å². The van der Waals surface area contributed by atoms with Gasteiger partial charge < -0.3 is 15.4 Å². The molecule has 1 aromatic heterocycles. The van der Waals surface area contributed by atoms with Crippen molar-refractivity contribution in [2.45, 2.75) is 13.0 Å². The summed E-state index contributed by atoms with van der Waals surface area (Å²) in [7, 11) is -1.38. The number of rotatable bonds is 5. The smallest absolute Gasteiger partial charge is 0.315 e. The Bertz CT molecular complexity index is 603. The molecule has 0 radical (unpaired) electrons. The predicted octanol–water partition coefficient (Wildman–Crippen LogP) is 0.324. The molecule has 0 bridgehead atoms. The highest BCUT2D eigenvalue weighted by Crippen LogP contribution is 2.17. The minimum Gasteiger partial charge on any atom is -0.481 e. The molecule has 2 heterocycles. The Morgan fingerprint density at radius 3 is 2.95 bits per heavy atom. The maximum Gasteiger partial charge on any atom is 0.315 e. The second-order valence-electron chi connectivity index (χ2n) is 5.00. The Balaban J connectivity index is 1.75. The lowest BCUT2D eigenvalue weighted by molar-refractivity contribution is 0.239. The van der Waals surface area contributed by atoms with Crippen LogP contribution in [0.3, 0.4) is 0 Å². The van der Waals surface area contributed by atoms with Crippen LogP contribution < -0.4 is 15.4 Å². The van der Waals surface area contributed by atoms with Crippen LogP contribution in [0, 0.1) is 5.92 Å². The molecule has 1 aliphatic rings. The van der Waals surface area contributed by atoms with Crippen molar-refractivity contribution in [1.29, 1.82) is 0 Å². The monoisotopic (exact) mass is 313 g/mol. The number of nitrogens with zero attached hydrogens (tertiary/aromatic N) is 1. The van der Waals surface area contributed by atoms with E-state index in [1.165, 1.54) is 7.11 Å². The number of carbonyl (C=O) groups is 1. The zero-order valence-electron chi connectivity index (χ0n) is 11.8. The first-order valence-electron chi connectivity index (χ1n) is 6.70. The number of methoxy groups -OCH3 is 1. The predicted molar refractivity (Wildman–Crippen MR) is 77.8 cm³/mol. The molecule has 1 aliphatic heterocycles. The standard InChI is InChI=1S/C13H19N3O4S/c1-20-12-11(3-2-5-14-12)8-16-13(17)15-7-10-4-6-21(18,19)9-10/h2-3,5,10H,4,6-9H2,1H3,(H2,15,16,17). The zero-order valence-corrected chi connectivity index (χ0v) is 12.6. The Hall–Kier alpha value is -1.83. The van der Waals surface area contributed by atoms with Gasteiger partial charge in [0.25, 0.3) is 0 Å². The fraction of sp³-hybridized carbons (Fsp3) is 0.538. The molecule has 8 heteroatoms. The Kier molecular flexibility index (Phi) is 5.00. The van der Waals surface area contributed by atoms with Crippen LogP contribution in [-0.2, 0) is 16.4 Å². The van der Waals surface area contributed by atoms with Crippen molar-refractivity contribution < 1.29 is 17.9 Å². The first kappa shape index (κ1) is 15.6. The largest absolute Gasteiger partial charge is 0.481 e. The van der Waals surface area contributed by atoms with Gasteiger partial charge in [-0.25, -0.2) is 18.2 Å². The number of hydrogen-bond donors (Lipinski definition) is 2. The van der Waals surface area contributed by atoms with E-state index in [4.69, 9.17) is 4.74 Å². The molecule has 1 fully saturated rings. The van der Waals surface area contributed by atoms with E-state index in [9.17, 15) is 13.2 Å². The Labute approximate surface area is 124 Å². The molecule has 21 heavy (non-hydrogen) atoms. The fourth-order valence-electron chi connectivity index (χ4n) is 2.25. The van der Waals surface area contributed by atoms with Gasteiger partial charge in [0.1, 0.15) is 0 Å². The molecule has 0 aromatic carbocycles. The van der Waals surface area contributed by atoms with Gasteiger partial charge >= 0.3 is 6.03 Å². The van der Waals surface area contributed by atoms with E-state index in [0.29, 0.717) is 25.4 Å². The SMILES string of the molecule is COc1ncccc1CNC(=O)NCC1CCS(=O)(=O)C1. The molecule has 2 amide bonds. The first-order chi connectivity index (χ1) is 10.00. The van der Waals surface area contributed by atoms with Crippen LogP contribution in [-0.4, -0.2) is 44.6 Å². The molecule has 1 atom stereocenters. The van der Waals surface area contributed by atoms with Crippen LogP contribution in [0.5, 0.6) is 5.88 Å². The van der Waals surface area contributed by atoms with Crippen LogP contribution in [0.4, 0.5) is 4.79 Å². The molecule has 1 unspecified atom stereocenters. The quantitative estimate of drug-likeness (QED) is 0.816. The number of hydrogen-bond acceptors (Lipinski definition) is 5. The van der Waals surface area contributed by atoms with Crippen molar-refractivity contribution in [2.24, 2.45) is 5.92 Å². The fourth-order valence-corrected chi connectivity index (χ4v) is 4.11. The van der Waals surface area contributed by atoms with Crippen LogP contribution in [0.25, 0.3) is 0 Å². The molecule has 2 N–H and O–H groups in total. The number of ether oxygens (including phenoxy) is 1. The summed E-state index contributed by atoms with van der Waals surface area (Å²) in [5, 5.41) is 5.39. The third kappa shape index (κ3) is 4.59. The Morgan fingerprint density at radius 2 is 2.29 bits per heavy atom. The summed E-state index contributed by atoms with van der Waals surface area (Å²) in [4.78, 5) is 15.7. The van der Waals surface area contributed by atoms with Gasteiger partial charge in [-0.1, -0.05) is 6.07 Å². The van der Waals surface area contributed by atoms with Gasteiger partial charge in [-0.05, 0) is 18.4 Å². The number of nitrogens with one attached hydrogen (secondary N) is 2. The highest BCUT2D eigenvalue weighted by molar-refractivity contribution is 7.91. The van der Waals surface area contributed by atoms with Crippen molar-refractivity contribution in [1.82, 2.24) is 15.6 Å². The van der Waals surface area contributed by atoms with Gasteiger partial charge in [0.2, 0.25) is 5.88 Å². The summed E-state index contributed by atoms with van der Waals surface area (Å²) in [6.45, 7) is 0.668. The average molecular weight is 313 g/mol. The van der Waals surface area contributed by atoms with Crippen LogP contribution in [0.15, 0.2) is 18.3 Å². The Morgan fingerprint density at radius 1 is 1.48 bits per heavy atom. The molecule has 116 valence electrons. The summed E-state index contributed by atoms with van der Waals surface area (Å²) in [6, 6.07) is 3.25. The van der Waals surface area contributed by atoms with Crippen molar-refractivity contribution in [3.05, 3.63) is 23.9 Å². The summed E-state index contributed by atoms with van der Waals surface area (Å²) in [5.41, 5.74) is 0.776. The minimum absolute atomic E-state index is 0.00804. The van der Waals surface area contributed by atoms with Crippen molar-refractivity contribution in [3.63, 3.8) is 0 Å². The van der Waals surface area contributed by atoms with E-state index < -0.39 is 9.84 Å². The molecule has 0 spiro atoms. The molecule has 1 aromatic rings. The number of carbonyl (C=O) groups excluding carboxylic acids is 1. The highest BCUT2D eigenvalue weighted by atomic mass is 32.2. The van der Waals surface area contributed by atoms with Crippen molar-refractivity contribution in [3.8, 4) is 5.88 Å². The van der Waals surface area contributed by atoms with E-state index in [1.807, 2.05) is 6.07 Å². The summed E-state index contributed by atoms with van der Waals surface area (Å²) in [6.07, 6.45) is 2.22. The summed E-state index contributed by atoms with van der Waals surface area (Å²) >= 11 is 0. The lowest BCUT2D eigenvalue weighted by Gasteiger charge is -2.12. The lowest BCUT2D eigenvalue weighted by Crippen LogP contribution is -2.38. The van der Waals surface area contributed by atoms with Crippen LogP contribution in [0.1, 0.15) is 12.0 Å². The highest BCUT2D eigenvalue weighted by Gasteiger charge is 2.27. The van der Waals surface area contributed by atoms with Crippen LogP contribution >= 0.6 is 0 Å². The topological polar surface area (TPSA) is 97.4 Å². The zero-order chi connectivity index (χ0) is 15.3. The average Bonchev–Trinajstić information content (AvgIpc) is 2.82. The normalized spacial score (nSPS) is 20.0. The molecule has 1 saturated heterocycles. The van der Waals surface area contributed by atoms with Gasteiger partial charge in [0.05, 0.1) is 18.6 Å². The number of aromatic nitrogens is 1. The van der Waals surface area contributed by atoms with Gasteiger partial charge in [-0.3, -0.25) is 0 Å². The molecule has 0 saturated carbocycles. The van der Waals surface area contributed by atoms with Gasteiger partial charge in [-0.15, -0.1) is 0 Å². The molecule has 0 aliphatic carbocycles. The van der Waals surface area contributed by atoms with Gasteiger partial charge in [0.15, 0.2) is 9.84 Å². The maximum atomic E-state index is 11.7. The minimum atomic E-state index is -2.90. The third-order valence-corrected chi connectivity index (χ3v) is 5.20. The molecular weight excluding hydrogens is 294 g/mol. The lowest BCUT2D eigenvalue weighted by atomic mass is 10.1. The molecule has 7 nitrogen and oxygen atoms in total. The van der Waals surface area contributed by atoms with Crippen molar-refractivity contribution in [2.75, 3.05) is 25.2 Å². The first-order valence-corrected chi connectivity index (χ1v) is 8.52. The molecular formula is C13H19N3O4S.